The van der Waals surface area contributed by atoms with E-state index in [0.29, 0.717) is 0 Å². The molecule has 0 aliphatic heterocycles. The molecule has 0 saturated heterocycles. The maximum Gasteiger partial charge on any atom is 0.175 e. The van der Waals surface area contributed by atoms with Crippen LogP contribution in [0.2, 0.25) is 12.6 Å². The zero-order valence-corrected chi connectivity index (χ0v) is 10.1. The minimum Gasteiger partial charge on any atom is -0.421 e. The Labute approximate surface area is 78.6 Å². The number of rotatable bonds is 7. The molecule has 0 heterocycles. The van der Waals surface area contributed by atoms with Gasteiger partial charge >= 0.3 is 0 Å². The molecule has 0 aliphatic carbocycles. The van der Waals surface area contributed by atoms with Gasteiger partial charge in [0.05, 0.1) is 0 Å². The van der Waals surface area contributed by atoms with E-state index in [2.05, 4.69) is 32.2 Å². The lowest BCUT2D eigenvalue weighted by atomic mass is 10.5. The lowest BCUT2D eigenvalue weighted by Crippen LogP contribution is -2.28. The second-order valence-electron chi connectivity index (χ2n) is 3.08. The van der Waals surface area contributed by atoms with Crippen LogP contribution in [0.15, 0.2) is 0 Å². The Bertz CT molecular complexity index is 96.5. The molecule has 0 aromatic rings. The van der Waals surface area contributed by atoms with Gasteiger partial charge in [0, 0.05) is 6.61 Å². The molecule has 0 N–H and O–H groups in total. The van der Waals surface area contributed by atoms with Crippen LogP contribution < -0.4 is 0 Å². The average Bonchev–Trinajstić information content (AvgIpc) is 2.07. The normalized spacial score (nSPS) is 13.8. The summed E-state index contributed by atoms with van der Waals surface area (Å²) >= 11 is 0. The van der Waals surface area contributed by atoms with Crippen LogP contribution in [0.4, 0.5) is 0 Å². The molecule has 1 atom stereocenters. The molecule has 0 bridgehead atoms. The van der Waals surface area contributed by atoms with Gasteiger partial charge in [-0.05, 0) is 39.1 Å². The van der Waals surface area contributed by atoms with Gasteiger partial charge in [0.15, 0.2) is 9.04 Å². The van der Waals surface area contributed by atoms with Crippen LogP contribution in [0, 0.1) is 0 Å². The fraction of sp³-hybridized carbons (Fsp3) is 1.00. The molecule has 0 aliphatic rings. The van der Waals surface area contributed by atoms with E-state index in [4.69, 9.17) is 4.43 Å². The average molecular weight is 189 g/mol. The molecule has 0 aromatic carbocycles. The topological polar surface area (TPSA) is 12.5 Å². The van der Waals surface area contributed by atoms with E-state index in [1.807, 2.05) is 0 Å². The SMILES string of the molecule is CCO[SiH](C)CCN(CC)CC. The first-order valence-corrected chi connectivity index (χ1v) is 7.52. The third kappa shape index (κ3) is 5.74. The van der Waals surface area contributed by atoms with Gasteiger partial charge < -0.3 is 9.33 Å². The lowest BCUT2D eigenvalue weighted by Gasteiger charge is -2.19. The van der Waals surface area contributed by atoms with Crippen molar-refractivity contribution in [2.24, 2.45) is 0 Å². The van der Waals surface area contributed by atoms with Gasteiger partial charge in [0.1, 0.15) is 0 Å². The molecule has 3 heteroatoms. The highest BCUT2D eigenvalue weighted by Crippen LogP contribution is 1.97. The van der Waals surface area contributed by atoms with Crippen LogP contribution in [0.3, 0.4) is 0 Å². The summed E-state index contributed by atoms with van der Waals surface area (Å²) in [7, 11) is -0.828. The molecule has 12 heavy (non-hydrogen) atoms. The van der Waals surface area contributed by atoms with Crippen LogP contribution in [-0.2, 0) is 4.43 Å². The van der Waals surface area contributed by atoms with Crippen LogP contribution in [0.25, 0.3) is 0 Å². The quantitative estimate of drug-likeness (QED) is 0.565. The second kappa shape index (κ2) is 7.77. The highest BCUT2D eigenvalue weighted by Gasteiger charge is 2.05. The molecular formula is C9H23NOSi. The lowest BCUT2D eigenvalue weighted by molar-refractivity contribution is 0.303. The Morgan fingerprint density at radius 1 is 1.17 bits per heavy atom. The van der Waals surface area contributed by atoms with Crippen molar-refractivity contribution in [2.75, 3.05) is 26.2 Å². The molecule has 0 rings (SSSR count). The summed E-state index contributed by atoms with van der Waals surface area (Å²) in [6.07, 6.45) is 0. The van der Waals surface area contributed by atoms with E-state index in [0.717, 1.165) is 6.61 Å². The van der Waals surface area contributed by atoms with E-state index >= 15 is 0 Å². The summed E-state index contributed by atoms with van der Waals surface area (Å²) in [6, 6.07) is 1.29. The van der Waals surface area contributed by atoms with Crippen molar-refractivity contribution in [1.82, 2.24) is 4.90 Å². The molecule has 0 radical (unpaired) electrons. The molecule has 0 aromatic heterocycles. The number of hydrogen-bond donors (Lipinski definition) is 0. The Morgan fingerprint density at radius 2 is 1.75 bits per heavy atom. The summed E-state index contributed by atoms with van der Waals surface area (Å²) in [5, 5.41) is 0. The standard InChI is InChI=1S/C9H23NOSi/c1-5-10(6-2)8-9-12(4)11-7-3/h12H,5-9H2,1-4H3. The predicted molar refractivity (Wildman–Crippen MR) is 57.2 cm³/mol. The van der Waals surface area contributed by atoms with Crippen LogP contribution in [0.1, 0.15) is 20.8 Å². The molecule has 74 valence electrons. The van der Waals surface area contributed by atoms with E-state index in [1.54, 1.807) is 0 Å². The summed E-state index contributed by atoms with van der Waals surface area (Å²) in [5.41, 5.74) is 0. The molecule has 0 spiro atoms. The molecular weight excluding hydrogens is 166 g/mol. The Morgan fingerprint density at radius 3 is 2.17 bits per heavy atom. The Kier molecular flexibility index (Phi) is 7.86. The highest BCUT2D eigenvalue weighted by atomic mass is 28.3. The largest absolute Gasteiger partial charge is 0.421 e. The third-order valence-corrected chi connectivity index (χ3v) is 4.17. The van der Waals surface area contributed by atoms with Gasteiger partial charge in [-0.15, -0.1) is 0 Å². The fourth-order valence-electron chi connectivity index (χ4n) is 1.27. The second-order valence-corrected chi connectivity index (χ2v) is 5.61. The Balaban J connectivity index is 3.37. The zero-order valence-electron chi connectivity index (χ0n) is 8.97. The van der Waals surface area contributed by atoms with Crippen molar-refractivity contribution < 1.29 is 4.43 Å². The maximum atomic E-state index is 5.59. The van der Waals surface area contributed by atoms with E-state index in [-0.39, 0.29) is 0 Å². The van der Waals surface area contributed by atoms with Crippen molar-refractivity contribution in [1.29, 1.82) is 0 Å². The molecule has 0 saturated carbocycles. The van der Waals surface area contributed by atoms with Crippen LogP contribution in [0.5, 0.6) is 0 Å². The first kappa shape index (κ1) is 12.1. The third-order valence-electron chi connectivity index (χ3n) is 2.20. The van der Waals surface area contributed by atoms with Gasteiger partial charge in [-0.1, -0.05) is 13.8 Å². The molecule has 1 unspecified atom stereocenters. The van der Waals surface area contributed by atoms with E-state index in [1.165, 1.54) is 25.7 Å². The highest BCUT2D eigenvalue weighted by molar-refractivity contribution is 6.50. The van der Waals surface area contributed by atoms with Crippen molar-refractivity contribution in [3.05, 3.63) is 0 Å². The summed E-state index contributed by atoms with van der Waals surface area (Å²) in [5.74, 6) is 0. The number of hydrogen-bond acceptors (Lipinski definition) is 2. The van der Waals surface area contributed by atoms with Crippen molar-refractivity contribution >= 4 is 9.04 Å². The van der Waals surface area contributed by atoms with E-state index in [9.17, 15) is 0 Å². The van der Waals surface area contributed by atoms with Gasteiger partial charge in [0.2, 0.25) is 0 Å². The first-order chi connectivity index (χ1) is 5.74. The van der Waals surface area contributed by atoms with Crippen molar-refractivity contribution in [2.45, 2.75) is 33.4 Å². The summed E-state index contributed by atoms with van der Waals surface area (Å²) < 4.78 is 5.59. The first-order valence-electron chi connectivity index (χ1n) is 5.08. The van der Waals surface area contributed by atoms with Crippen molar-refractivity contribution in [3.63, 3.8) is 0 Å². The van der Waals surface area contributed by atoms with Crippen molar-refractivity contribution in [3.8, 4) is 0 Å². The molecule has 0 amide bonds. The monoisotopic (exact) mass is 189 g/mol. The minimum absolute atomic E-state index is 0.828. The fourth-order valence-corrected chi connectivity index (χ4v) is 2.74. The van der Waals surface area contributed by atoms with Crippen LogP contribution >= 0.6 is 0 Å². The number of nitrogens with zero attached hydrogens (tertiary/aromatic N) is 1. The van der Waals surface area contributed by atoms with Gasteiger partial charge in [-0.25, -0.2) is 0 Å². The minimum atomic E-state index is -0.828. The summed E-state index contributed by atoms with van der Waals surface area (Å²) in [6.45, 7) is 13.3. The van der Waals surface area contributed by atoms with Gasteiger partial charge in [-0.3, -0.25) is 0 Å². The molecule has 2 nitrogen and oxygen atoms in total. The summed E-state index contributed by atoms with van der Waals surface area (Å²) in [4.78, 5) is 2.46. The molecule has 0 fully saturated rings. The van der Waals surface area contributed by atoms with Gasteiger partial charge in [0.25, 0.3) is 0 Å². The van der Waals surface area contributed by atoms with E-state index < -0.39 is 9.04 Å². The predicted octanol–water partition coefficient (Wildman–Crippen LogP) is 1.72. The maximum absolute atomic E-state index is 5.59. The zero-order chi connectivity index (χ0) is 9.40. The Hall–Kier alpha value is 0.137. The van der Waals surface area contributed by atoms with Crippen LogP contribution in [-0.4, -0.2) is 40.2 Å². The van der Waals surface area contributed by atoms with Gasteiger partial charge in [-0.2, -0.15) is 0 Å². The smallest absolute Gasteiger partial charge is 0.175 e.